The second kappa shape index (κ2) is 8.19. The number of nitrogens with one attached hydrogen (secondary N) is 1. The second-order valence-electron chi connectivity index (χ2n) is 10.6. The molecule has 1 N–H and O–H groups in total. The van der Waals surface area contributed by atoms with Gasteiger partial charge in [0.2, 0.25) is 0 Å². The predicted molar refractivity (Wildman–Crippen MR) is 158 cm³/mol. The molecule has 0 amide bonds. The van der Waals surface area contributed by atoms with Crippen LogP contribution in [0.3, 0.4) is 0 Å². The van der Waals surface area contributed by atoms with Gasteiger partial charge in [-0.3, -0.25) is 0 Å². The van der Waals surface area contributed by atoms with E-state index < -0.39 is 0 Å². The molecule has 3 aliphatic carbocycles. The summed E-state index contributed by atoms with van der Waals surface area (Å²) in [7, 11) is 0. The molecule has 1 spiro atoms. The summed E-state index contributed by atoms with van der Waals surface area (Å²) >= 11 is 0. The Kier molecular flexibility index (Phi) is 4.63. The molecular weight excluding hydrogens is 458 g/mol. The Morgan fingerprint density at radius 3 is 2.03 bits per heavy atom. The zero-order valence-electron chi connectivity index (χ0n) is 21.0. The number of hydrogen-bond donors (Lipinski definition) is 1. The van der Waals surface area contributed by atoms with Gasteiger partial charge in [0, 0.05) is 23.2 Å². The zero-order valence-corrected chi connectivity index (χ0v) is 21.0. The van der Waals surface area contributed by atoms with E-state index in [4.69, 9.17) is 0 Å². The summed E-state index contributed by atoms with van der Waals surface area (Å²) in [6, 6.07) is 44.4. The lowest BCUT2D eigenvalue weighted by Gasteiger charge is -2.36. The van der Waals surface area contributed by atoms with Gasteiger partial charge in [0.05, 0.1) is 5.41 Å². The molecule has 8 rings (SSSR count). The second-order valence-corrected chi connectivity index (χ2v) is 10.6. The number of allylic oxidation sites excluding steroid dienone is 4. The van der Waals surface area contributed by atoms with Crippen molar-refractivity contribution < 1.29 is 0 Å². The fourth-order valence-corrected chi connectivity index (χ4v) is 7.23. The molecule has 5 aromatic rings. The Bertz CT molecular complexity index is 1740. The third-order valence-corrected chi connectivity index (χ3v) is 8.75. The van der Waals surface area contributed by atoms with Crippen LogP contribution in [0.25, 0.3) is 22.3 Å². The summed E-state index contributed by atoms with van der Waals surface area (Å²) in [5, 5.41) is 3.71. The smallest absolute Gasteiger partial charge is 0.0538 e. The van der Waals surface area contributed by atoms with Crippen LogP contribution in [0.5, 0.6) is 0 Å². The van der Waals surface area contributed by atoms with Gasteiger partial charge in [-0.05, 0) is 68.8 Å². The minimum Gasteiger partial charge on any atom is -0.356 e. The van der Waals surface area contributed by atoms with Gasteiger partial charge in [0.15, 0.2) is 0 Å². The summed E-state index contributed by atoms with van der Waals surface area (Å²) in [5.41, 5.74) is 12.9. The maximum atomic E-state index is 3.71. The molecule has 180 valence electrons. The van der Waals surface area contributed by atoms with Crippen LogP contribution in [-0.2, 0) is 5.41 Å². The van der Waals surface area contributed by atoms with Crippen molar-refractivity contribution in [3.05, 3.63) is 168 Å². The first-order chi connectivity index (χ1) is 18.8. The Labute approximate surface area is 223 Å². The Morgan fingerprint density at radius 1 is 0.500 bits per heavy atom. The predicted octanol–water partition coefficient (Wildman–Crippen LogP) is 9.25. The summed E-state index contributed by atoms with van der Waals surface area (Å²) < 4.78 is 0. The van der Waals surface area contributed by atoms with E-state index in [0.717, 1.165) is 11.4 Å². The van der Waals surface area contributed by atoms with E-state index in [1.807, 2.05) is 0 Å². The molecule has 1 nitrogen and oxygen atoms in total. The van der Waals surface area contributed by atoms with Crippen molar-refractivity contribution in [2.24, 2.45) is 5.92 Å². The number of rotatable bonds is 3. The van der Waals surface area contributed by atoms with Crippen molar-refractivity contribution in [3.63, 3.8) is 0 Å². The fraction of sp³-hybridized carbons (Fsp3) is 0.0811. The molecule has 0 aromatic heterocycles. The van der Waals surface area contributed by atoms with E-state index in [2.05, 4.69) is 151 Å². The van der Waals surface area contributed by atoms with Crippen LogP contribution in [0.2, 0.25) is 0 Å². The summed E-state index contributed by atoms with van der Waals surface area (Å²) in [6.45, 7) is 0. The van der Waals surface area contributed by atoms with E-state index in [0.29, 0.717) is 11.8 Å². The molecule has 3 atom stereocenters. The number of benzene rings is 5. The van der Waals surface area contributed by atoms with Gasteiger partial charge < -0.3 is 5.32 Å². The van der Waals surface area contributed by atoms with E-state index >= 15 is 0 Å². The third kappa shape index (κ3) is 2.93. The summed E-state index contributed by atoms with van der Waals surface area (Å²) in [6.07, 6.45) is 9.30. The van der Waals surface area contributed by atoms with Gasteiger partial charge in [-0.25, -0.2) is 0 Å². The molecule has 0 fully saturated rings. The van der Waals surface area contributed by atoms with Crippen LogP contribution >= 0.6 is 0 Å². The molecule has 0 bridgehead atoms. The zero-order chi connectivity index (χ0) is 25.1. The number of fused-ring (bicyclic) bond motifs is 10. The van der Waals surface area contributed by atoms with E-state index in [1.165, 1.54) is 44.5 Å². The Balaban J connectivity index is 1.26. The molecule has 0 radical (unpaired) electrons. The highest BCUT2D eigenvalue weighted by Gasteiger charge is 2.56. The molecule has 3 aliphatic rings. The van der Waals surface area contributed by atoms with Gasteiger partial charge in [0.1, 0.15) is 0 Å². The van der Waals surface area contributed by atoms with Crippen molar-refractivity contribution >= 4 is 11.4 Å². The van der Waals surface area contributed by atoms with Gasteiger partial charge in [-0.15, -0.1) is 0 Å². The largest absolute Gasteiger partial charge is 0.356 e. The van der Waals surface area contributed by atoms with Crippen molar-refractivity contribution in [3.8, 4) is 22.3 Å². The van der Waals surface area contributed by atoms with Crippen molar-refractivity contribution in [2.45, 2.75) is 11.3 Å². The molecule has 3 unspecified atom stereocenters. The highest BCUT2D eigenvalue weighted by atomic mass is 14.9. The SMILES string of the molecule is C1=CC2c3ccccc3C3(c4ccccc4-c4ccc(Nc5ccc(-c6ccccc6)cc5)cc43)C2C=C1. The molecule has 0 saturated heterocycles. The maximum absolute atomic E-state index is 3.71. The third-order valence-electron chi connectivity index (χ3n) is 8.75. The maximum Gasteiger partial charge on any atom is 0.0538 e. The van der Waals surface area contributed by atoms with Crippen LogP contribution in [0.4, 0.5) is 11.4 Å². The minimum atomic E-state index is -0.191. The van der Waals surface area contributed by atoms with Crippen molar-refractivity contribution in [1.29, 1.82) is 0 Å². The summed E-state index contributed by atoms with van der Waals surface area (Å²) in [5.74, 6) is 0.741. The number of hydrogen-bond acceptors (Lipinski definition) is 1. The fourth-order valence-electron chi connectivity index (χ4n) is 7.23. The molecule has 38 heavy (non-hydrogen) atoms. The number of anilines is 2. The van der Waals surface area contributed by atoms with E-state index in [-0.39, 0.29) is 5.41 Å². The minimum absolute atomic E-state index is 0.191. The first-order valence-electron chi connectivity index (χ1n) is 13.5. The van der Waals surface area contributed by atoms with Gasteiger partial charge in [0.25, 0.3) is 0 Å². The van der Waals surface area contributed by atoms with Gasteiger partial charge >= 0.3 is 0 Å². The van der Waals surface area contributed by atoms with Crippen LogP contribution in [0.15, 0.2) is 146 Å². The lowest BCUT2D eigenvalue weighted by atomic mass is 9.65. The Hall–Kier alpha value is -4.62. The quantitative estimate of drug-likeness (QED) is 0.268. The standard InChI is InChI=1S/C37H27N/c1-2-10-25(11-3-1)26-18-20-27(21-19-26)38-28-22-23-32-31-14-6-9-17-35(31)37(36(32)24-28)33-15-7-4-12-29(33)30-13-5-8-16-34(30)37/h1-24,29,33,38H. The van der Waals surface area contributed by atoms with Crippen molar-refractivity contribution in [1.82, 2.24) is 0 Å². The van der Waals surface area contributed by atoms with Crippen LogP contribution in [0, 0.1) is 5.92 Å². The lowest BCUT2D eigenvalue weighted by molar-refractivity contribution is 0.465. The van der Waals surface area contributed by atoms with E-state index in [1.54, 1.807) is 0 Å². The van der Waals surface area contributed by atoms with Crippen LogP contribution < -0.4 is 5.32 Å². The average Bonchev–Trinajstić information content (AvgIpc) is 3.45. The highest BCUT2D eigenvalue weighted by molar-refractivity contribution is 5.87. The monoisotopic (exact) mass is 485 g/mol. The first-order valence-corrected chi connectivity index (χ1v) is 13.5. The lowest BCUT2D eigenvalue weighted by Crippen LogP contribution is -2.33. The summed E-state index contributed by atoms with van der Waals surface area (Å²) in [4.78, 5) is 0. The molecular formula is C37H27N. The highest BCUT2D eigenvalue weighted by Crippen LogP contribution is 2.65. The van der Waals surface area contributed by atoms with Crippen molar-refractivity contribution in [2.75, 3.05) is 5.32 Å². The molecule has 5 aromatic carbocycles. The molecule has 0 heterocycles. The van der Waals surface area contributed by atoms with Crippen LogP contribution in [0.1, 0.15) is 28.2 Å². The molecule has 0 saturated carbocycles. The molecule has 1 heteroatoms. The van der Waals surface area contributed by atoms with Crippen LogP contribution in [-0.4, -0.2) is 0 Å². The normalized spacial score (nSPS) is 21.6. The molecule has 0 aliphatic heterocycles. The first kappa shape index (κ1) is 21.5. The topological polar surface area (TPSA) is 12.0 Å². The average molecular weight is 486 g/mol. The van der Waals surface area contributed by atoms with Gasteiger partial charge in [-0.2, -0.15) is 0 Å². The van der Waals surface area contributed by atoms with E-state index in [9.17, 15) is 0 Å². The Morgan fingerprint density at radius 2 is 1.16 bits per heavy atom. The van der Waals surface area contributed by atoms with Gasteiger partial charge in [-0.1, -0.05) is 121 Å².